The van der Waals surface area contributed by atoms with E-state index in [1.54, 1.807) is 12.1 Å². The van der Waals surface area contributed by atoms with Crippen molar-refractivity contribution >= 4 is 5.69 Å². The number of ether oxygens (including phenoxy) is 1. The number of nitro groups is 1. The summed E-state index contributed by atoms with van der Waals surface area (Å²) in [7, 11) is 0. The zero-order chi connectivity index (χ0) is 21.8. The van der Waals surface area contributed by atoms with E-state index in [0.717, 1.165) is 43.6 Å². The van der Waals surface area contributed by atoms with Gasteiger partial charge < -0.3 is 14.7 Å². The Hall–Kier alpha value is -2.32. The molecule has 0 radical (unpaired) electrons. The van der Waals surface area contributed by atoms with Crippen LogP contribution in [0.4, 0.5) is 5.69 Å². The van der Waals surface area contributed by atoms with Gasteiger partial charge in [-0.3, -0.25) is 15.0 Å². The molecule has 2 atom stereocenters. The standard InChI is InChI=1S/C24H31N3O4/c1-19-17-26(23(28)21-8-3-2-4-9-21)18-24(31-19)12-15-25(16-13-24)14-11-20-7-5-6-10-22(20)27(29)30/h2-10,19,23,28H,11-18H2,1H3. The highest BCUT2D eigenvalue weighted by molar-refractivity contribution is 5.39. The van der Waals surface area contributed by atoms with E-state index in [4.69, 9.17) is 4.74 Å². The van der Waals surface area contributed by atoms with Crippen molar-refractivity contribution in [3.8, 4) is 0 Å². The third-order valence-electron chi connectivity index (χ3n) is 6.53. The van der Waals surface area contributed by atoms with Crippen LogP contribution in [0.15, 0.2) is 54.6 Å². The molecule has 7 nitrogen and oxygen atoms in total. The summed E-state index contributed by atoms with van der Waals surface area (Å²) in [6.45, 7) is 6.08. The van der Waals surface area contributed by atoms with E-state index in [9.17, 15) is 15.2 Å². The Morgan fingerprint density at radius 2 is 1.84 bits per heavy atom. The lowest BCUT2D eigenvalue weighted by Gasteiger charge is -2.50. The van der Waals surface area contributed by atoms with Gasteiger partial charge in [0.1, 0.15) is 6.23 Å². The lowest BCUT2D eigenvalue weighted by molar-refractivity contribution is -0.385. The first-order valence-electron chi connectivity index (χ1n) is 11.1. The van der Waals surface area contributed by atoms with E-state index in [1.807, 2.05) is 42.5 Å². The Labute approximate surface area is 183 Å². The number of rotatable bonds is 6. The van der Waals surface area contributed by atoms with E-state index in [-0.39, 0.29) is 22.3 Å². The number of hydrogen-bond donors (Lipinski definition) is 1. The Morgan fingerprint density at radius 3 is 2.55 bits per heavy atom. The van der Waals surface area contributed by atoms with Gasteiger partial charge in [-0.1, -0.05) is 48.5 Å². The number of para-hydroxylation sites is 1. The molecule has 2 aromatic rings. The Morgan fingerprint density at radius 1 is 1.16 bits per heavy atom. The number of morpholine rings is 1. The van der Waals surface area contributed by atoms with Crippen LogP contribution < -0.4 is 0 Å². The van der Waals surface area contributed by atoms with Crippen LogP contribution >= 0.6 is 0 Å². The molecule has 2 unspecified atom stereocenters. The van der Waals surface area contributed by atoms with Crippen molar-refractivity contribution in [1.29, 1.82) is 0 Å². The van der Waals surface area contributed by atoms with E-state index in [1.165, 1.54) is 0 Å². The zero-order valence-corrected chi connectivity index (χ0v) is 18.0. The van der Waals surface area contributed by atoms with E-state index in [0.29, 0.717) is 19.5 Å². The number of aliphatic hydroxyl groups is 1. The first-order chi connectivity index (χ1) is 15.0. The fourth-order valence-electron chi connectivity index (χ4n) is 4.93. The molecule has 166 valence electrons. The molecule has 0 saturated carbocycles. The summed E-state index contributed by atoms with van der Waals surface area (Å²) in [6.07, 6.45) is 1.89. The minimum absolute atomic E-state index is 0.0608. The van der Waals surface area contributed by atoms with Crippen LogP contribution in [-0.2, 0) is 11.2 Å². The van der Waals surface area contributed by atoms with Crippen LogP contribution in [-0.4, -0.2) is 64.3 Å². The molecular formula is C24H31N3O4. The van der Waals surface area contributed by atoms with Crippen LogP contribution in [0, 0.1) is 10.1 Å². The maximum Gasteiger partial charge on any atom is 0.272 e. The Bertz CT molecular complexity index is 883. The van der Waals surface area contributed by atoms with Gasteiger partial charge in [0.2, 0.25) is 0 Å². The van der Waals surface area contributed by atoms with Gasteiger partial charge in [-0.05, 0) is 31.7 Å². The number of piperidine rings is 1. The lowest BCUT2D eigenvalue weighted by atomic mass is 9.88. The van der Waals surface area contributed by atoms with Gasteiger partial charge in [-0.25, -0.2) is 0 Å². The topological polar surface area (TPSA) is 79.1 Å². The number of benzene rings is 2. The lowest BCUT2D eigenvalue weighted by Crippen LogP contribution is -2.59. The smallest absolute Gasteiger partial charge is 0.272 e. The van der Waals surface area contributed by atoms with Crippen LogP contribution in [0.5, 0.6) is 0 Å². The van der Waals surface area contributed by atoms with Crippen LogP contribution in [0.1, 0.15) is 37.1 Å². The second kappa shape index (κ2) is 9.44. The molecule has 2 aliphatic rings. The summed E-state index contributed by atoms with van der Waals surface area (Å²) in [5.74, 6) is 0. The number of hydrogen-bond acceptors (Lipinski definition) is 6. The van der Waals surface area contributed by atoms with Gasteiger partial charge in [0, 0.05) is 44.4 Å². The molecule has 0 aromatic heterocycles. The summed E-state index contributed by atoms with van der Waals surface area (Å²) >= 11 is 0. The molecule has 0 amide bonds. The number of aliphatic hydroxyl groups excluding tert-OH is 1. The van der Waals surface area contributed by atoms with Crippen molar-refractivity contribution in [3.63, 3.8) is 0 Å². The highest BCUT2D eigenvalue weighted by Crippen LogP contribution is 2.35. The minimum Gasteiger partial charge on any atom is -0.374 e. The predicted octanol–water partition coefficient (Wildman–Crippen LogP) is 3.38. The SMILES string of the molecule is CC1CN(C(O)c2ccccc2)CC2(CCN(CCc3ccccc3[N+](=O)[O-])CC2)O1. The number of likely N-dealkylation sites (tertiary alicyclic amines) is 1. The summed E-state index contributed by atoms with van der Waals surface area (Å²) in [5.41, 5.74) is 1.65. The molecule has 2 aliphatic heterocycles. The largest absolute Gasteiger partial charge is 0.374 e. The quantitative estimate of drug-likeness (QED) is 0.565. The third kappa shape index (κ3) is 5.13. The van der Waals surface area contributed by atoms with Gasteiger partial charge in [0.25, 0.3) is 5.69 Å². The first-order valence-corrected chi connectivity index (χ1v) is 11.1. The summed E-state index contributed by atoms with van der Waals surface area (Å²) in [6, 6.07) is 16.8. The zero-order valence-electron chi connectivity index (χ0n) is 18.0. The van der Waals surface area contributed by atoms with Crippen LogP contribution in [0.25, 0.3) is 0 Å². The predicted molar refractivity (Wildman–Crippen MR) is 119 cm³/mol. The van der Waals surface area contributed by atoms with Crippen molar-refractivity contribution in [2.75, 3.05) is 32.7 Å². The van der Waals surface area contributed by atoms with Gasteiger partial charge in [0.05, 0.1) is 16.6 Å². The van der Waals surface area contributed by atoms with E-state index in [2.05, 4.69) is 16.7 Å². The average Bonchev–Trinajstić information content (AvgIpc) is 2.78. The molecule has 2 heterocycles. The number of nitro benzene ring substituents is 1. The first kappa shape index (κ1) is 21.9. The Kier molecular flexibility index (Phi) is 6.67. The van der Waals surface area contributed by atoms with Crippen molar-refractivity contribution in [2.24, 2.45) is 0 Å². The molecule has 4 rings (SSSR count). The Balaban J connectivity index is 1.35. The van der Waals surface area contributed by atoms with E-state index >= 15 is 0 Å². The molecule has 2 aromatic carbocycles. The minimum atomic E-state index is -0.624. The van der Waals surface area contributed by atoms with Crippen molar-refractivity contribution in [3.05, 3.63) is 75.8 Å². The fraction of sp³-hybridized carbons (Fsp3) is 0.500. The third-order valence-corrected chi connectivity index (χ3v) is 6.53. The van der Waals surface area contributed by atoms with Gasteiger partial charge in [0.15, 0.2) is 0 Å². The molecule has 1 N–H and O–H groups in total. The summed E-state index contributed by atoms with van der Waals surface area (Å²) < 4.78 is 6.42. The summed E-state index contributed by atoms with van der Waals surface area (Å²) in [5, 5.41) is 22.2. The molecule has 2 saturated heterocycles. The van der Waals surface area contributed by atoms with Gasteiger partial charge in [-0.15, -0.1) is 0 Å². The molecule has 31 heavy (non-hydrogen) atoms. The molecular weight excluding hydrogens is 394 g/mol. The molecule has 7 heteroatoms. The van der Waals surface area contributed by atoms with Crippen molar-refractivity contribution < 1.29 is 14.8 Å². The molecule has 1 spiro atoms. The number of nitrogens with zero attached hydrogens (tertiary/aromatic N) is 3. The van der Waals surface area contributed by atoms with Crippen LogP contribution in [0.3, 0.4) is 0 Å². The summed E-state index contributed by atoms with van der Waals surface area (Å²) in [4.78, 5) is 15.4. The monoisotopic (exact) mass is 425 g/mol. The van der Waals surface area contributed by atoms with Crippen molar-refractivity contribution in [2.45, 2.75) is 44.1 Å². The second-order valence-corrected chi connectivity index (χ2v) is 8.80. The highest BCUT2D eigenvalue weighted by atomic mass is 16.6. The van der Waals surface area contributed by atoms with Gasteiger partial charge in [-0.2, -0.15) is 0 Å². The molecule has 2 fully saturated rings. The molecule has 0 aliphatic carbocycles. The fourth-order valence-corrected chi connectivity index (χ4v) is 4.93. The van der Waals surface area contributed by atoms with Crippen molar-refractivity contribution in [1.82, 2.24) is 9.80 Å². The van der Waals surface area contributed by atoms with Crippen LogP contribution in [0.2, 0.25) is 0 Å². The second-order valence-electron chi connectivity index (χ2n) is 8.80. The highest BCUT2D eigenvalue weighted by Gasteiger charge is 2.43. The maximum absolute atomic E-state index is 11.2. The maximum atomic E-state index is 11.2. The van der Waals surface area contributed by atoms with E-state index < -0.39 is 6.23 Å². The van der Waals surface area contributed by atoms with Gasteiger partial charge >= 0.3 is 0 Å². The average molecular weight is 426 g/mol. The molecule has 0 bridgehead atoms. The normalized spacial score (nSPS) is 23.0.